The Hall–Kier alpha value is -2.39. The quantitative estimate of drug-likeness (QED) is 0.688. The number of amides is 1. The standard InChI is InChI=1S/C18H18F3N3O2S/c1-10(2)14(8-25)22-16(26)15-9-27-17-23-13(7-24(15)17)11-3-5-12(6-4-11)18(19,20)21/h3-7,9-10,14,25H,8H2,1-2H3,(H,22,26)/t14-/m1/s1. The van der Waals surface area contributed by atoms with Crippen LogP contribution in [-0.4, -0.2) is 33.0 Å². The molecule has 1 aromatic carbocycles. The highest BCUT2D eigenvalue weighted by Gasteiger charge is 2.30. The van der Waals surface area contributed by atoms with Crippen molar-refractivity contribution in [3.63, 3.8) is 0 Å². The number of thiazole rings is 1. The van der Waals surface area contributed by atoms with Gasteiger partial charge < -0.3 is 10.4 Å². The van der Waals surface area contributed by atoms with E-state index >= 15 is 0 Å². The van der Waals surface area contributed by atoms with Crippen LogP contribution < -0.4 is 5.32 Å². The molecular formula is C18H18F3N3O2S. The molecule has 9 heteroatoms. The number of hydrogen-bond acceptors (Lipinski definition) is 4. The first kappa shape index (κ1) is 19.4. The maximum Gasteiger partial charge on any atom is 0.416 e. The van der Waals surface area contributed by atoms with E-state index < -0.39 is 11.7 Å². The average molecular weight is 397 g/mol. The molecule has 0 spiro atoms. The fourth-order valence-electron chi connectivity index (χ4n) is 2.58. The number of aliphatic hydroxyl groups is 1. The van der Waals surface area contributed by atoms with Gasteiger partial charge in [0.05, 0.1) is 23.9 Å². The van der Waals surface area contributed by atoms with Crippen molar-refractivity contribution in [2.45, 2.75) is 26.1 Å². The van der Waals surface area contributed by atoms with Gasteiger partial charge in [-0.1, -0.05) is 26.0 Å². The maximum atomic E-state index is 12.7. The van der Waals surface area contributed by atoms with Gasteiger partial charge in [-0.3, -0.25) is 9.20 Å². The van der Waals surface area contributed by atoms with Crippen LogP contribution in [0.15, 0.2) is 35.8 Å². The molecule has 144 valence electrons. The number of benzene rings is 1. The van der Waals surface area contributed by atoms with Crippen molar-refractivity contribution in [2.24, 2.45) is 5.92 Å². The van der Waals surface area contributed by atoms with Crippen LogP contribution in [0.2, 0.25) is 0 Å². The number of aromatic nitrogens is 2. The van der Waals surface area contributed by atoms with E-state index in [2.05, 4.69) is 10.3 Å². The van der Waals surface area contributed by atoms with Gasteiger partial charge in [0, 0.05) is 17.1 Å². The first-order valence-corrected chi connectivity index (χ1v) is 9.14. The Balaban J connectivity index is 1.88. The third-order valence-electron chi connectivity index (χ3n) is 4.27. The molecule has 0 fully saturated rings. The number of carbonyl (C=O) groups excluding carboxylic acids is 1. The van der Waals surface area contributed by atoms with Crippen LogP contribution in [0.5, 0.6) is 0 Å². The number of hydrogen-bond donors (Lipinski definition) is 2. The Morgan fingerprint density at radius 3 is 2.52 bits per heavy atom. The van der Waals surface area contributed by atoms with Crippen molar-refractivity contribution in [2.75, 3.05) is 6.61 Å². The minimum Gasteiger partial charge on any atom is -0.394 e. The number of nitrogens with one attached hydrogen (secondary N) is 1. The van der Waals surface area contributed by atoms with E-state index in [1.54, 1.807) is 16.0 Å². The largest absolute Gasteiger partial charge is 0.416 e. The molecule has 3 rings (SSSR count). The Labute approximate surface area is 157 Å². The number of halogens is 3. The van der Waals surface area contributed by atoms with Crippen molar-refractivity contribution >= 4 is 22.2 Å². The minimum absolute atomic E-state index is 0.0681. The summed E-state index contributed by atoms with van der Waals surface area (Å²) in [6.07, 6.45) is -2.77. The van der Waals surface area contributed by atoms with Crippen LogP contribution in [-0.2, 0) is 6.18 Å². The summed E-state index contributed by atoms with van der Waals surface area (Å²) in [6, 6.07) is 4.35. The smallest absolute Gasteiger partial charge is 0.394 e. The van der Waals surface area contributed by atoms with Crippen molar-refractivity contribution in [3.05, 3.63) is 47.1 Å². The predicted octanol–water partition coefficient (Wildman–Crippen LogP) is 3.83. The number of fused-ring (bicyclic) bond motifs is 1. The third-order valence-corrected chi connectivity index (χ3v) is 5.11. The second kappa shape index (κ2) is 7.32. The zero-order valence-corrected chi connectivity index (χ0v) is 15.4. The first-order chi connectivity index (χ1) is 12.7. The number of aliphatic hydroxyl groups excluding tert-OH is 1. The lowest BCUT2D eigenvalue weighted by atomic mass is 10.1. The highest BCUT2D eigenvalue weighted by Crippen LogP contribution is 2.31. The Bertz CT molecular complexity index is 945. The molecule has 0 radical (unpaired) electrons. The number of imidazole rings is 1. The van der Waals surface area contributed by atoms with Gasteiger partial charge in [-0.2, -0.15) is 13.2 Å². The van der Waals surface area contributed by atoms with Gasteiger partial charge in [-0.25, -0.2) is 4.98 Å². The number of rotatable bonds is 5. The van der Waals surface area contributed by atoms with E-state index in [1.807, 2.05) is 13.8 Å². The molecule has 2 heterocycles. The number of carbonyl (C=O) groups is 1. The van der Waals surface area contributed by atoms with Crippen LogP contribution in [0.4, 0.5) is 13.2 Å². The van der Waals surface area contributed by atoms with Gasteiger partial charge in [0.25, 0.3) is 5.91 Å². The normalized spacial score (nSPS) is 13.3. The van der Waals surface area contributed by atoms with Crippen LogP contribution in [0.3, 0.4) is 0 Å². The highest BCUT2D eigenvalue weighted by atomic mass is 32.1. The molecule has 0 saturated heterocycles. The van der Waals surface area contributed by atoms with Crippen LogP contribution in [0, 0.1) is 5.92 Å². The fourth-order valence-corrected chi connectivity index (χ4v) is 3.44. The molecule has 5 nitrogen and oxygen atoms in total. The van der Waals surface area contributed by atoms with Gasteiger partial charge in [0.15, 0.2) is 4.96 Å². The SMILES string of the molecule is CC(C)[C@@H](CO)NC(=O)c1csc2nc(-c3ccc(C(F)(F)F)cc3)cn12. The van der Waals surface area contributed by atoms with E-state index in [4.69, 9.17) is 0 Å². The summed E-state index contributed by atoms with van der Waals surface area (Å²) in [4.78, 5) is 17.4. The summed E-state index contributed by atoms with van der Waals surface area (Å²) < 4.78 is 39.7. The first-order valence-electron chi connectivity index (χ1n) is 8.26. The van der Waals surface area contributed by atoms with Crippen molar-refractivity contribution in [3.8, 4) is 11.3 Å². The molecule has 0 aliphatic heterocycles. The third kappa shape index (κ3) is 3.98. The van der Waals surface area contributed by atoms with Crippen molar-refractivity contribution in [1.82, 2.24) is 14.7 Å². The molecule has 27 heavy (non-hydrogen) atoms. The fraction of sp³-hybridized carbons (Fsp3) is 0.333. The average Bonchev–Trinajstić information content (AvgIpc) is 3.19. The van der Waals surface area contributed by atoms with Gasteiger partial charge >= 0.3 is 6.18 Å². The van der Waals surface area contributed by atoms with Crippen molar-refractivity contribution in [1.29, 1.82) is 0 Å². The zero-order valence-electron chi connectivity index (χ0n) is 14.6. The van der Waals surface area contributed by atoms with Gasteiger partial charge in [-0.05, 0) is 18.1 Å². The molecule has 0 aliphatic rings. The van der Waals surface area contributed by atoms with Crippen LogP contribution >= 0.6 is 11.3 Å². The predicted molar refractivity (Wildman–Crippen MR) is 96.7 cm³/mol. The molecule has 0 unspecified atom stereocenters. The molecule has 0 bridgehead atoms. The number of alkyl halides is 3. The molecule has 1 amide bonds. The van der Waals surface area contributed by atoms with Gasteiger partial charge in [0.2, 0.25) is 0 Å². The van der Waals surface area contributed by atoms with Crippen molar-refractivity contribution < 1.29 is 23.1 Å². The zero-order chi connectivity index (χ0) is 19.8. The lowest BCUT2D eigenvalue weighted by Gasteiger charge is -2.19. The van der Waals surface area contributed by atoms with E-state index in [0.29, 0.717) is 21.9 Å². The van der Waals surface area contributed by atoms with Gasteiger partial charge in [0.1, 0.15) is 5.69 Å². The van der Waals surface area contributed by atoms with Crippen LogP contribution in [0.1, 0.15) is 29.9 Å². The molecule has 3 aromatic rings. The summed E-state index contributed by atoms with van der Waals surface area (Å²) in [6.45, 7) is 3.62. The molecule has 2 N–H and O–H groups in total. The van der Waals surface area contributed by atoms with E-state index in [1.165, 1.54) is 23.5 Å². The highest BCUT2D eigenvalue weighted by molar-refractivity contribution is 7.15. The second-order valence-electron chi connectivity index (χ2n) is 6.48. The lowest BCUT2D eigenvalue weighted by Crippen LogP contribution is -2.41. The Morgan fingerprint density at radius 2 is 1.96 bits per heavy atom. The summed E-state index contributed by atoms with van der Waals surface area (Å²) in [7, 11) is 0. The summed E-state index contributed by atoms with van der Waals surface area (Å²) in [5, 5.41) is 13.8. The Morgan fingerprint density at radius 1 is 1.30 bits per heavy atom. The maximum absolute atomic E-state index is 12.7. The molecule has 0 saturated carbocycles. The Kier molecular flexibility index (Phi) is 5.25. The summed E-state index contributed by atoms with van der Waals surface area (Å²) in [5.41, 5.74) is 0.642. The molecule has 1 atom stereocenters. The summed E-state index contributed by atoms with van der Waals surface area (Å²) in [5.74, 6) is -0.274. The minimum atomic E-state index is -4.39. The molecular weight excluding hydrogens is 379 g/mol. The van der Waals surface area contributed by atoms with E-state index in [9.17, 15) is 23.1 Å². The second-order valence-corrected chi connectivity index (χ2v) is 7.32. The van der Waals surface area contributed by atoms with Gasteiger partial charge in [-0.15, -0.1) is 11.3 Å². The monoisotopic (exact) mass is 397 g/mol. The lowest BCUT2D eigenvalue weighted by molar-refractivity contribution is -0.137. The van der Waals surface area contributed by atoms with Crippen LogP contribution in [0.25, 0.3) is 16.2 Å². The topological polar surface area (TPSA) is 66.6 Å². The number of nitrogens with zero attached hydrogens (tertiary/aromatic N) is 2. The summed E-state index contributed by atoms with van der Waals surface area (Å²) >= 11 is 1.26. The van der Waals surface area contributed by atoms with E-state index in [-0.39, 0.29) is 24.5 Å². The van der Waals surface area contributed by atoms with E-state index in [0.717, 1.165) is 12.1 Å². The molecule has 2 aromatic heterocycles. The molecule has 0 aliphatic carbocycles.